The fraction of sp³-hybridized carbons (Fsp3) is 0.273. The first-order chi connectivity index (χ1) is 6.63. The molecule has 0 aliphatic heterocycles. The number of nitrogens with one attached hydrogen (secondary N) is 1. The average molecular weight is 191 g/mol. The van der Waals surface area contributed by atoms with Crippen LogP contribution in [0.5, 0.6) is 0 Å². The van der Waals surface area contributed by atoms with E-state index in [1.54, 1.807) is 13.0 Å². The van der Waals surface area contributed by atoms with Crippen LogP contribution in [0.1, 0.15) is 19.0 Å². The summed E-state index contributed by atoms with van der Waals surface area (Å²) in [6.45, 7) is 1.73. The van der Waals surface area contributed by atoms with E-state index in [-0.39, 0.29) is 6.42 Å². The number of para-hydroxylation sites is 1. The van der Waals surface area contributed by atoms with Crippen LogP contribution in [-0.4, -0.2) is 15.2 Å². The highest BCUT2D eigenvalue weighted by atomic mass is 16.5. The summed E-state index contributed by atoms with van der Waals surface area (Å²) in [7, 11) is 0. The van der Waals surface area contributed by atoms with Gasteiger partial charge in [0.25, 0.3) is 0 Å². The summed E-state index contributed by atoms with van der Waals surface area (Å²) in [6.07, 6.45) is 0.264. The molecule has 0 saturated heterocycles. The third-order valence-corrected chi connectivity index (χ3v) is 2.45. The largest absolute Gasteiger partial charge is 0.361 e. The van der Waals surface area contributed by atoms with Crippen LogP contribution in [0, 0.1) is 0 Å². The van der Waals surface area contributed by atoms with Crippen LogP contribution in [0.2, 0.25) is 0 Å². The van der Waals surface area contributed by atoms with Gasteiger partial charge < -0.3 is 15.2 Å². The Bertz CT molecular complexity index is 412. The van der Waals surface area contributed by atoms with Crippen LogP contribution >= 0.6 is 0 Å². The summed E-state index contributed by atoms with van der Waals surface area (Å²) < 4.78 is 0. The molecule has 3 N–H and O–H groups in total. The summed E-state index contributed by atoms with van der Waals surface area (Å²) in [5.41, 5.74) is 1.37. The summed E-state index contributed by atoms with van der Waals surface area (Å²) in [5.74, 6) is -1.75. The molecule has 0 bridgehead atoms. The van der Waals surface area contributed by atoms with Crippen molar-refractivity contribution in [1.29, 1.82) is 0 Å². The maximum Gasteiger partial charge on any atom is 0.204 e. The van der Waals surface area contributed by atoms with Crippen LogP contribution in [-0.2, 0) is 5.79 Å². The molecule has 0 fully saturated rings. The summed E-state index contributed by atoms with van der Waals surface area (Å²) in [5, 5.41) is 20.2. The van der Waals surface area contributed by atoms with E-state index in [1.165, 1.54) is 0 Å². The van der Waals surface area contributed by atoms with E-state index in [9.17, 15) is 10.2 Å². The van der Waals surface area contributed by atoms with Gasteiger partial charge in [0.05, 0.1) is 5.69 Å². The second-order valence-electron chi connectivity index (χ2n) is 3.44. The molecule has 1 heterocycles. The number of hydrogen-bond acceptors (Lipinski definition) is 2. The summed E-state index contributed by atoms with van der Waals surface area (Å²) in [6, 6.07) is 9.43. The molecule has 0 spiro atoms. The molecular formula is C11H13NO2. The lowest BCUT2D eigenvalue weighted by atomic mass is 10.1. The number of fused-ring (bicyclic) bond motifs is 1. The lowest BCUT2D eigenvalue weighted by Crippen LogP contribution is -2.23. The van der Waals surface area contributed by atoms with Crippen molar-refractivity contribution >= 4 is 10.9 Å². The molecule has 2 rings (SSSR count). The van der Waals surface area contributed by atoms with Crippen LogP contribution < -0.4 is 0 Å². The van der Waals surface area contributed by atoms with Gasteiger partial charge in [-0.05, 0) is 17.5 Å². The van der Waals surface area contributed by atoms with Crippen molar-refractivity contribution in [3.8, 4) is 0 Å². The van der Waals surface area contributed by atoms with Crippen LogP contribution in [0.3, 0.4) is 0 Å². The van der Waals surface area contributed by atoms with E-state index < -0.39 is 5.79 Å². The highest BCUT2D eigenvalue weighted by molar-refractivity contribution is 5.80. The zero-order valence-corrected chi connectivity index (χ0v) is 7.99. The lowest BCUT2D eigenvalue weighted by Gasteiger charge is -2.17. The molecule has 0 radical (unpaired) electrons. The number of rotatable bonds is 2. The smallest absolute Gasteiger partial charge is 0.204 e. The molecule has 1 aromatic carbocycles. The van der Waals surface area contributed by atoms with Gasteiger partial charge in [0.15, 0.2) is 0 Å². The van der Waals surface area contributed by atoms with E-state index in [0.29, 0.717) is 5.69 Å². The monoisotopic (exact) mass is 191 g/mol. The molecule has 0 amide bonds. The van der Waals surface area contributed by atoms with Crippen molar-refractivity contribution in [1.82, 2.24) is 4.98 Å². The Morgan fingerprint density at radius 1 is 1.29 bits per heavy atom. The number of hydrogen-bond donors (Lipinski definition) is 3. The third-order valence-electron chi connectivity index (χ3n) is 2.45. The molecule has 14 heavy (non-hydrogen) atoms. The molecule has 3 nitrogen and oxygen atoms in total. The predicted octanol–water partition coefficient (Wildman–Crippen LogP) is 1.72. The second-order valence-corrected chi connectivity index (χ2v) is 3.44. The van der Waals surface area contributed by atoms with Crippen LogP contribution in [0.25, 0.3) is 10.9 Å². The first-order valence-electron chi connectivity index (χ1n) is 4.66. The molecule has 1 aromatic heterocycles. The quantitative estimate of drug-likeness (QED) is 0.633. The van der Waals surface area contributed by atoms with Gasteiger partial charge in [-0.1, -0.05) is 25.1 Å². The van der Waals surface area contributed by atoms with Crippen molar-refractivity contribution < 1.29 is 10.2 Å². The Labute approximate surface area is 82.0 Å². The van der Waals surface area contributed by atoms with Crippen molar-refractivity contribution in [2.24, 2.45) is 0 Å². The highest BCUT2D eigenvalue weighted by Crippen LogP contribution is 2.24. The fourth-order valence-corrected chi connectivity index (χ4v) is 1.48. The Balaban J connectivity index is 2.55. The van der Waals surface area contributed by atoms with E-state index in [2.05, 4.69) is 4.98 Å². The number of aliphatic hydroxyl groups is 2. The highest BCUT2D eigenvalue weighted by Gasteiger charge is 2.24. The van der Waals surface area contributed by atoms with Gasteiger partial charge in [0, 0.05) is 11.9 Å². The first kappa shape index (κ1) is 9.24. The van der Waals surface area contributed by atoms with Crippen molar-refractivity contribution in [3.05, 3.63) is 36.0 Å². The van der Waals surface area contributed by atoms with Crippen molar-refractivity contribution in [2.75, 3.05) is 0 Å². The van der Waals surface area contributed by atoms with E-state index in [4.69, 9.17) is 0 Å². The Morgan fingerprint density at radius 2 is 2.00 bits per heavy atom. The second kappa shape index (κ2) is 3.12. The summed E-state index contributed by atoms with van der Waals surface area (Å²) in [4.78, 5) is 2.99. The van der Waals surface area contributed by atoms with Crippen molar-refractivity contribution in [3.63, 3.8) is 0 Å². The SMILES string of the molecule is CCC(O)(O)c1cc2ccccc2[nH]1. The molecule has 2 aromatic rings. The zero-order chi connectivity index (χ0) is 10.2. The van der Waals surface area contributed by atoms with Gasteiger partial charge in [-0.15, -0.1) is 0 Å². The van der Waals surface area contributed by atoms with E-state index in [0.717, 1.165) is 10.9 Å². The molecule has 0 atom stereocenters. The molecule has 0 aliphatic rings. The first-order valence-corrected chi connectivity index (χ1v) is 4.66. The fourth-order valence-electron chi connectivity index (χ4n) is 1.48. The molecule has 3 heteroatoms. The average Bonchev–Trinajstić information content (AvgIpc) is 2.61. The standard InChI is InChI=1S/C11H13NO2/c1-2-11(13,14)10-7-8-5-3-4-6-9(8)12-10/h3-7,12-14H,2H2,1H3. The minimum atomic E-state index is -1.75. The predicted molar refractivity (Wildman–Crippen MR) is 54.7 cm³/mol. The summed E-state index contributed by atoms with van der Waals surface area (Å²) >= 11 is 0. The number of aromatic amines is 1. The minimum absolute atomic E-state index is 0.264. The van der Waals surface area contributed by atoms with Gasteiger partial charge in [0.1, 0.15) is 0 Å². The van der Waals surface area contributed by atoms with Gasteiger partial charge in [0.2, 0.25) is 5.79 Å². The number of aromatic nitrogens is 1. The van der Waals surface area contributed by atoms with Crippen LogP contribution in [0.4, 0.5) is 0 Å². The van der Waals surface area contributed by atoms with Gasteiger partial charge in [-0.2, -0.15) is 0 Å². The van der Waals surface area contributed by atoms with E-state index in [1.807, 2.05) is 24.3 Å². The molecule has 0 unspecified atom stereocenters. The third kappa shape index (κ3) is 1.41. The Morgan fingerprint density at radius 3 is 2.64 bits per heavy atom. The Kier molecular flexibility index (Phi) is 2.06. The minimum Gasteiger partial charge on any atom is -0.361 e. The Hall–Kier alpha value is -1.32. The molecule has 0 aliphatic carbocycles. The topological polar surface area (TPSA) is 56.2 Å². The van der Waals surface area contributed by atoms with Crippen LogP contribution in [0.15, 0.2) is 30.3 Å². The van der Waals surface area contributed by atoms with E-state index >= 15 is 0 Å². The normalized spacial score (nSPS) is 12.2. The maximum absolute atomic E-state index is 9.62. The number of benzene rings is 1. The number of H-pyrrole nitrogens is 1. The molecule has 0 saturated carbocycles. The van der Waals surface area contributed by atoms with Gasteiger partial charge >= 0.3 is 0 Å². The van der Waals surface area contributed by atoms with Gasteiger partial charge in [-0.25, -0.2) is 0 Å². The molecule has 74 valence electrons. The maximum atomic E-state index is 9.62. The van der Waals surface area contributed by atoms with Gasteiger partial charge in [-0.3, -0.25) is 0 Å². The van der Waals surface area contributed by atoms with Crippen molar-refractivity contribution in [2.45, 2.75) is 19.1 Å². The lowest BCUT2D eigenvalue weighted by molar-refractivity contribution is -0.173. The molecular weight excluding hydrogens is 178 g/mol. The zero-order valence-electron chi connectivity index (χ0n) is 7.99.